The number of rotatable bonds is 5. The second kappa shape index (κ2) is 6.66. The fourth-order valence-electron chi connectivity index (χ4n) is 3.42. The summed E-state index contributed by atoms with van der Waals surface area (Å²) in [6, 6.07) is 15.7. The van der Waals surface area contributed by atoms with E-state index in [1.54, 1.807) is 11.1 Å². The van der Waals surface area contributed by atoms with Gasteiger partial charge in [0.25, 0.3) is 0 Å². The molecule has 0 nitrogen and oxygen atoms in total. The Bertz CT molecular complexity index is 615. The van der Waals surface area contributed by atoms with Gasteiger partial charge in [0.2, 0.25) is 0 Å². The molecule has 0 amide bonds. The molecule has 1 unspecified atom stereocenters. The van der Waals surface area contributed by atoms with E-state index >= 15 is 0 Å². The fraction of sp³-hybridized carbons (Fsp3) is 0.400. The predicted molar refractivity (Wildman–Crippen MR) is 91.3 cm³/mol. The molecule has 0 heterocycles. The van der Waals surface area contributed by atoms with E-state index in [9.17, 15) is 0 Å². The highest BCUT2D eigenvalue weighted by Gasteiger charge is 2.14. The first kappa shape index (κ1) is 14.7. The van der Waals surface area contributed by atoms with Crippen molar-refractivity contribution in [3.8, 4) is 0 Å². The molecule has 2 aromatic rings. The van der Waals surface area contributed by atoms with E-state index in [0.29, 0.717) is 5.92 Å². The van der Waals surface area contributed by atoms with Crippen LogP contribution in [0.4, 0.5) is 0 Å². The maximum absolute atomic E-state index is 6.24. The summed E-state index contributed by atoms with van der Waals surface area (Å²) in [7, 11) is 0. The molecule has 3 rings (SSSR count). The minimum Gasteiger partial charge on any atom is -0.126 e. The van der Waals surface area contributed by atoms with Crippen LogP contribution in [0.2, 0.25) is 0 Å². The molecule has 0 N–H and O–H groups in total. The number of hydrogen-bond acceptors (Lipinski definition) is 0. The minimum atomic E-state index is 0.521. The van der Waals surface area contributed by atoms with Crippen LogP contribution in [0.15, 0.2) is 42.5 Å². The zero-order chi connectivity index (χ0) is 14.7. The summed E-state index contributed by atoms with van der Waals surface area (Å²) < 4.78 is 0. The topological polar surface area (TPSA) is 0 Å². The highest BCUT2D eigenvalue weighted by molar-refractivity contribution is 6.18. The summed E-state index contributed by atoms with van der Waals surface area (Å²) in [6.45, 7) is 2.19. The van der Waals surface area contributed by atoms with Crippen LogP contribution in [0.1, 0.15) is 34.2 Å². The Hall–Kier alpha value is -1.27. The van der Waals surface area contributed by atoms with E-state index < -0.39 is 0 Å². The summed E-state index contributed by atoms with van der Waals surface area (Å²) in [5, 5.41) is 0. The molecule has 1 atom stereocenters. The van der Waals surface area contributed by atoms with Crippen molar-refractivity contribution in [2.45, 2.75) is 39.0 Å². The maximum atomic E-state index is 6.24. The Morgan fingerprint density at radius 2 is 1.81 bits per heavy atom. The molecular weight excluding hydrogens is 276 g/mol. The second-order valence-corrected chi connectivity index (χ2v) is 6.62. The van der Waals surface area contributed by atoms with Crippen LogP contribution in [0.5, 0.6) is 0 Å². The molecule has 21 heavy (non-hydrogen) atoms. The number of alkyl halides is 1. The summed E-state index contributed by atoms with van der Waals surface area (Å²) in [5.74, 6) is 1.25. The average Bonchev–Trinajstić information content (AvgIpc) is 2.96. The third-order valence-electron chi connectivity index (χ3n) is 4.68. The van der Waals surface area contributed by atoms with E-state index in [4.69, 9.17) is 11.6 Å². The highest BCUT2D eigenvalue weighted by Crippen LogP contribution is 2.25. The Kier molecular flexibility index (Phi) is 4.65. The van der Waals surface area contributed by atoms with Crippen molar-refractivity contribution < 1.29 is 0 Å². The number of aryl methyl sites for hydroxylation is 3. The van der Waals surface area contributed by atoms with Crippen molar-refractivity contribution >= 4 is 11.6 Å². The molecule has 110 valence electrons. The van der Waals surface area contributed by atoms with E-state index in [2.05, 4.69) is 49.4 Å². The van der Waals surface area contributed by atoms with Crippen LogP contribution < -0.4 is 0 Å². The highest BCUT2D eigenvalue weighted by atomic mass is 35.5. The molecule has 0 saturated heterocycles. The fourth-order valence-corrected chi connectivity index (χ4v) is 3.64. The second-order valence-electron chi connectivity index (χ2n) is 6.31. The van der Waals surface area contributed by atoms with Gasteiger partial charge >= 0.3 is 0 Å². The largest absolute Gasteiger partial charge is 0.126 e. The van der Waals surface area contributed by atoms with Gasteiger partial charge in [-0.2, -0.15) is 0 Å². The van der Waals surface area contributed by atoms with Gasteiger partial charge in [-0.15, -0.1) is 11.6 Å². The normalized spacial score (nSPS) is 15.0. The Balaban J connectivity index is 1.71. The van der Waals surface area contributed by atoms with E-state index in [0.717, 1.165) is 18.7 Å². The van der Waals surface area contributed by atoms with Crippen LogP contribution >= 0.6 is 11.6 Å². The molecule has 0 aromatic heterocycles. The van der Waals surface area contributed by atoms with Gasteiger partial charge in [-0.3, -0.25) is 0 Å². The molecule has 0 fully saturated rings. The average molecular weight is 299 g/mol. The number of halogens is 1. The summed E-state index contributed by atoms with van der Waals surface area (Å²) in [6.07, 6.45) is 6.00. The quantitative estimate of drug-likeness (QED) is 0.672. The lowest BCUT2D eigenvalue weighted by Gasteiger charge is -2.16. The Morgan fingerprint density at radius 3 is 2.62 bits per heavy atom. The molecule has 1 heteroatoms. The molecule has 0 radical (unpaired) electrons. The van der Waals surface area contributed by atoms with Gasteiger partial charge in [-0.1, -0.05) is 42.5 Å². The molecule has 0 bridgehead atoms. The van der Waals surface area contributed by atoms with Crippen molar-refractivity contribution in [3.63, 3.8) is 0 Å². The lowest BCUT2D eigenvalue weighted by Crippen LogP contribution is -2.11. The lowest BCUT2D eigenvalue weighted by atomic mass is 9.91. The van der Waals surface area contributed by atoms with Crippen molar-refractivity contribution in [1.82, 2.24) is 0 Å². The lowest BCUT2D eigenvalue weighted by molar-refractivity contribution is 0.582. The van der Waals surface area contributed by atoms with Crippen molar-refractivity contribution in [3.05, 3.63) is 70.3 Å². The van der Waals surface area contributed by atoms with E-state index in [1.165, 1.54) is 36.0 Å². The molecule has 0 saturated carbocycles. The smallest absolute Gasteiger partial charge is 0.0258 e. The van der Waals surface area contributed by atoms with Gasteiger partial charge in [0.05, 0.1) is 0 Å². The molecule has 0 aliphatic heterocycles. The minimum absolute atomic E-state index is 0.521. The van der Waals surface area contributed by atoms with E-state index in [-0.39, 0.29) is 0 Å². The Morgan fingerprint density at radius 1 is 1.00 bits per heavy atom. The van der Waals surface area contributed by atoms with Gasteiger partial charge in [0.1, 0.15) is 0 Å². The third-order valence-corrected chi connectivity index (χ3v) is 5.11. The van der Waals surface area contributed by atoms with Gasteiger partial charge in [-0.25, -0.2) is 0 Å². The molecule has 1 aliphatic carbocycles. The number of benzene rings is 2. The first-order valence-corrected chi connectivity index (χ1v) is 8.51. The van der Waals surface area contributed by atoms with Crippen LogP contribution in [-0.4, -0.2) is 5.88 Å². The van der Waals surface area contributed by atoms with Crippen LogP contribution in [-0.2, 0) is 25.7 Å². The maximum Gasteiger partial charge on any atom is 0.0258 e. The van der Waals surface area contributed by atoms with Crippen LogP contribution in [0.3, 0.4) is 0 Å². The SMILES string of the molecule is Cc1ccccc1CC(CCl)Cc1ccc2c(c1)CCC2. The van der Waals surface area contributed by atoms with Crippen molar-refractivity contribution in [1.29, 1.82) is 0 Å². The van der Waals surface area contributed by atoms with Crippen molar-refractivity contribution in [2.75, 3.05) is 5.88 Å². The zero-order valence-corrected chi connectivity index (χ0v) is 13.5. The summed E-state index contributed by atoms with van der Waals surface area (Å²) in [5.41, 5.74) is 7.39. The summed E-state index contributed by atoms with van der Waals surface area (Å²) >= 11 is 6.24. The van der Waals surface area contributed by atoms with Gasteiger partial charge in [0.15, 0.2) is 0 Å². The van der Waals surface area contributed by atoms with Crippen LogP contribution in [0, 0.1) is 12.8 Å². The molecule has 1 aliphatic rings. The first-order valence-electron chi connectivity index (χ1n) is 7.97. The summed E-state index contributed by atoms with van der Waals surface area (Å²) in [4.78, 5) is 0. The molecule has 2 aromatic carbocycles. The first-order chi connectivity index (χ1) is 10.3. The number of hydrogen-bond donors (Lipinski definition) is 0. The molecule has 0 spiro atoms. The van der Waals surface area contributed by atoms with Gasteiger partial charge < -0.3 is 0 Å². The Labute approximate surface area is 133 Å². The zero-order valence-electron chi connectivity index (χ0n) is 12.7. The van der Waals surface area contributed by atoms with Gasteiger partial charge in [0, 0.05) is 5.88 Å². The standard InChI is InChI=1S/C20H23Cl/c1-15-5-2-3-6-19(15)13-17(14-21)11-16-9-10-18-7-4-8-20(18)12-16/h2-3,5-6,9-10,12,17H,4,7-8,11,13-14H2,1H3. The number of fused-ring (bicyclic) bond motifs is 1. The van der Waals surface area contributed by atoms with Crippen LogP contribution in [0.25, 0.3) is 0 Å². The van der Waals surface area contributed by atoms with Crippen molar-refractivity contribution in [2.24, 2.45) is 5.92 Å². The third kappa shape index (κ3) is 3.49. The monoisotopic (exact) mass is 298 g/mol. The predicted octanol–water partition coefficient (Wildman–Crippen LogP) is 5.12. The van der Waals surface area contributed by atoms with Gasteiger partial charge in [-0.05, 0) is 72.8 Å². The molecular formula is C20H23Cl. The van der Waals surface area contributed by atoms with E-state index in [1.807, 2.05) is 0 Å².